The van der Waals surface area contributed by atoms with Gasteiger partial charge in [-0.1, -0.05) is 35.9 Å². The molecule has 0 unspecified atom stereocenters. The molecule has 1 amide bonds. The average molecular weight is 332 g/mol. The zero-order valence-electron chi connectivity index (χ0n) is 13.7. The van der Waals surface area contributed by atoms with Gasteiger partial charge in [-0.3, -0.25) is 4.79 Å². The van der Waals surface area contributed by atoms with Crippen molar-refractivity contribution in [3.05, 3.63) is 64.7 Å². The van der Waals surface area contributed by atoms with Gasteiger partial charge in [0.1, 0.15) is 5.75 Å². The normalized spacial score (nSPS) is 11.1. The second kappa shape index (κ2) is 7.51. The Labute approximate surface area is 142 Å². The quantitative estimate of drug-likeness (QED) is 0.869. The molecule has 2 aromatic rings. The highest BCUT2D eigenvalue weighted by atomic mass is 35.5. The fourth-order valence-electron chi connectivity index (χ4n) is 2.37. The number of methoxy groups -OCH3 is 1. The summed E-state index contributed by atoms with van der Waals surface area (Å²) in [6, 6.07) is 15.3. The van der Waals surface area contributed by atoms with Crippen molar-refractivity contribution in [2.45, 2.75) is 25.7 Å². The van der Waals surface area contributed by atoms with Crippen molar-refractivity contribution in [1.82, 2.24) is 5.32 Å². The Bertz CT molecular complexity index is 665. The SMILES string of the molecule is COc1cccc(CCNC(=O)C(C)(C)c2ccc(Cl)cc2)c1. The van der Waals surface area contributed by atoms with Crippen LogP contribution in [-0.4, -0.2) is 19.6 Å². The fourth-order valence-corrected chi connectivity index (χ4v) is 2.49. The van der Waals surface area contributed by atoms with Crippen molar-refractivity contribution in [3.63, 3.8) is 0 Å². The summed E-state index contributed by atoms with van der Waals surface area (Å²) < 4.78 is 5.21. The highest BCUT2D eigenvalue weighted by Crippen LogP contribution is 2.24. The maximum absolute atomic E-state index is 12.5. The third-order valence-electron chi connectivity index (χ3n) is 3.97. The molecule has 2 aromatic carbocycles. The van der Waals surface area contributed by atoms with Crippen molar-refractivity contribution >= 4 is 17.5 Å². The Kier molecular flexibility index (Phi) is 5.67. The lowest BCUT2D eigenvalue weighted by molar-refractivity contribution is -0.125. The minimum Gasteiger partial charge on any atom is -0.497 e. The largest absolute Gasteiger partial charge is 0.497 e. The molecule has 0 aromatic heterocycles. The van der Waals surface area contributed by atoms with Crippen LogP contribution >= 0.6 is 11.6 Å². The lowest BCUT2D eigenvalue weighted by Gasteiger charge is -2.24. The first-order valence-corrected chi connectivity index (χ1v) is 7.98. The Hall–Kier alpha value is -2.00. The van der Waals surface area contributed by atoms with Crippen molar-refractivity contribution in [1.29, 1.82) is 0 Å². The van der Waals surface area contributed by atoms with E-state index < -0.39 is 5.41 Å². The number of benzene rings is 2. The van der Waals surface area contributed by atoms with Crippen LogP contribution in [0.25, 0.3) is 0 Å². The van der Waals surface area contributed by atoms with E-state index >= 15 is 0 Å². The highest BCUT2D eigenvalue weighted by molar-refractivity contribution is 6.30. The van der Waals surface area contributed by atoms with E-state index in [9.17, 15) is 4.79 Å². The Balaban J connectivity index is 1.94. The Morgan fingerprint density at radius 3 is 2.52 bits per heavy atom. The van der Waals surface area contributed by atoms with Gasteiger partial charge in [-0.15, -0.1) is 0 Å². The van der Waals surface area contributed by atoms with Crippen LogP contribution in [0, 0.1) is 0 Å². The van der Waals surface area contributed by atoms with Crippen molar-refractivity contribution in [3.8, 4) is 5.75 Å². The molecule has 122 valence electrons. The number of nitrogens with one attached hydrogen (secondary N) is 1. The third-order valence-corrected chi connectivity index (χ3v) is 4.22. The van der Waals surface area contributed by atoms with Crippen molar-refractivity contribution < 1.29 is 9.53 Å². The summed E-state index contributed by atoms with van der Waals surface area (Å²) in [7, 11) is 1.65. The van der Waals surface area contributed by atoms with E-state index in [2.05, 4.69) is 5.32 Å². The molecular weight excluding hydrogens is 310 g/mol. The summed E-state index contributed by atoms with van der Waals surface area (Å²) in [5.74, 6) is 0.832. The predicted octanol–water partition coefficient (Wildman–Crippen LogP) is 3.99. The molecule has 23 heavy (non-hydrogen) atoms. The molecule has 0 saturated heterocycles. The predicted molar refractivity (Wildman–Crippen MR) is 94.2 cm³/mol. The van der Waals surface area contributed by atoms with Crippen LogP contribution in [-0.2, 0) is 16.6 Å². The van der Waals surface area contributed by atoms with Crippen LogP contribution in [0.4, 0.5) is 0 Å². The smallest absolute Gasteiger partial charge is 0.230 e. The van der Waals surface area contributed by atoms with E-state index in [1.54, 1.807) is 7.11 Å². The summed E-state index contributed by atoms with van der Waals surface area (Å²) in [5.41, 5.74) is 1.48. The van der Waals surface area contributed by atoms with E-state index in [-0.39, 0.29) is 5.91 Å². The third kappa shape index (κ3) is 4.49. The first-order chi connectivity index (χ1) is 10.9. The monoisotopic (exact) mass is 331 g/mol. The first-order valence-electron chi connectivity index (χ1n) is 7.61. The average Bonchev–Trinajstić information content (AvgIpc) is 2.55. The number of amides is 1. The molecular formula is C19H22ClNO2. The lowest BCUT2D eigenvalue weighted by atomic mass is 9.83. The molecule has 0 fully saturated rings. The molecule has 4 heteroatoms. The molecule has 1 N–H and O–H groups in total. The van der Waals surface area contributed by atoms with Gasteiger partial charge in [0, 0.05) is 11.6 Å². The van der Waals surface area contributed by atoms with Gasteiger partial charge in [0.2, 0.25) is 5.91 Å². The lowest BCUT2D eigenvalue weighted by Crippen LogP contribution is -2.40. The Morgan fingerprint density at radius 1 is 1.17 bits per heavy atom. The van der Waals surface area contributed by atoms with Crippen LogP contribution < -0.4 is 10.1 Å². The summed E-state index contributed by atoms with van der Waals surface area (Å²) >= 11 is 5.91. The molecule has 0 heterocycles. The molecule has 0 bridgehead atoms. The summed E-state index contributed by atoms with van der Waals surface area (Å²) in [4.78, 5) is 12.5. The zero-order valence-corrected chi connectivity index (χ0v) is 14.5. The van der Waals surface area contributed by atoms with Crippen LogP contribution in [0.5, 0.6) is 5.75 Å². The van der Waals surface area contributed by atoms with Gasteiger partial charge in [-0.2, -0.15) is 0 Å². The number of hydrogen-bond acceptors (Lipinski definition) is 2. The standard InChI is InChI=1S/C19H22ClNO2/c1-19(2,15-7-9-16(20)10-8-15)18(22)21-12-11-14-5-4-6-17(13-14)23-3/h4-10,13H,11-12H2,1-3H3,(H,21,22). The maximum atomic E-state index is 12.5. The number of hydrogen-bond donors (Lipinski definition) is 1. The van der Waals surface area contributed by atoms with Crippen LogP contribution in [0.3, 0.4) is 0 Å². The van der Waals surface area contributed by atoms with E-state index in [0.29, 0.717) is 11.6 Å². The number of ether oxygens (including phenoxy) is 1. The summed E-state index contributed by atoms with van der Waals surface area (Å²) in [6.07, 6.45) is 0.764. The van der Waals surface area contributed by atoms with Crippen LogP contribution in [0.2, 0.25) is 5.02 Å². The minimum absolute atomic E-state index is 0.00252. The van der Waals surface area contributed by atoms with Gasteiger partial charge >= 0.3 is 0 Å². The van der Waals surface area contributed by atoms with E-state index in [0.717, 1.165) is 23.3 Å². The molecule has 0 atom stereocenters. The second-order valence-corrected chi connectivity index (χ2v) is 6.43. The fraction of sp³-hybridized carbons (Fsp3) is 0.316. The summed E-state index contributed by atoms with van der Waals surface area (Å²) in [5, 5.41) is 3.68. The number of rotatable bonds is 6. The van der Waals surface area contributed by atoms with Gasteiger partial charge in [0.05, 0.1) is 12.5 Å². The van der Waals surface area contributed by atoms with Gasteiger partial charge < -0.3 is 10.1 Å². The number of halogens is 1. The highest BCUT2D eigenvalue weighted by Gasteiger charge is 2.29. The molecule has 0 radical (unpaired) electrons. The number of carbonyl (C=O) groups excluding carboxylic acids is 1. The van der Waals surface area contributed by atoms with Gasteiger partial charge in [-0.25, -0.2) is 0 Å². The van der Waals surface area contributed by atoms with E-state index in [4.69, 9.17) is 16.3 Å². The van der Waals surface area contributed by atoms with Gasteiger partial charge in [0.15, 0.2) is 0 Å². The van der Waals surface area contributed by atoms with Crippen molar-refractivity contribution in [2.24, 2.45) is 0 Å². The van der Waals surface area contributed by atoms with E-state index in [1.807, 2.05) is 62.4 Å². The molecule has 3 nitrogen and oxygen atoms in total. The Morgan fingerprint density at radius 2 is 1.87 bits per heavy atom. The topological polar surface area (TPSA) is 38.3 Å². The van der Waals surface area contributed by atoms with Crippen LogP contribution in [0.1, 0.15) is 25.0 Å². The minimum atomic E-state index is -0.598. The molecule has 0 aliphatic rings. The van der Waals surface area contributed by atoms with Gasteiger partial charge in [-0.05, 0) is 55.7 Å². The second-order valence-electron chi connectivity index (χ2n) is 5.99. The van der Waals surface area contributed by atoms with Crippen molar-refractivity contribution in [2.75, 3.05) is 13.7 Å². The summed E-state index contributed by atoms with van der Waals surface area (Å²) in [6.45, 7) is 4.41. The molecule has 0 saturated carbocycles. The van der Waals surface area contributed by atoms with Crippen LogP contribution in [0.15, 0.2) is 48.5 Å². The number of carbonyl (C=O) groups is 1. The molecule has 2 rings (SSSR count). The first kappa shape index (κ1) is 17.4. The molecule has 0 aliphatic carbocycles. The van der Waals surface area contributed by atoms with E-state index in [1.165, 1.54) is 0 Å². The van der Waals surface area contributed by atoms with Gasteiger partial charge in [0.25, 0.3) is 0 Å². The zero-order chi connectivity index (χ0) is 16.9. The molecule has 0 aliphatic heterocycles. The maximum Gasteiger partial charge on any atom is 0.230 e. The molecule has 0 spiro atoms.